The highest BCUT2D eigenvalue weighted by molar-refractivity contribution is 5.74. The van der Waals surface area contributed by atoms with Gasteiger partial charge in [-0.3, -0.25) is 4.98 Å². The largest absolute Gasteiger partial charge is 0.331 e. The standard InChI is InChI=1S/C19H22FN3O/c1-13-6-7-15-16(4-3-5-17(15)20)18(13)22-19(24)23(2)12-14-8-10-21-11-9-14/h3-5,8-11,13,18H,6-7,12H2,1-2H3,(H,22,24)/t13-,18-/m1/s1. The molecule has 1 N–H and O–H groups in total. The second kappa shape index (κ2) is 6.99. The lowest BCUT2D eigenvalue weighted by molar-refractivity contribution is 0.195. The molecule has 1 aliphatic carbocycles. The van der Waals surface area contributed by atoms with Crippen molar-refractivity contribution < 1.29 is 9.18 Å². The Balaban J connectivity index is 1.73. The average molecular weight is 327 g/mol. The molecule has 0 fully saturated rings. The van der Waals surface area contributed by atoms with E-state index in [1.54, 1.807) is 30.4 Å². The van der Waals surface area contributed by atoms with E-state index in [1.807, 2.05) is 18.2 Å². The van der Waals surface area contributed by atoms with Gasteiger partial charge in [-0.25, -0.2) is 9.18 Å². The number of urea groups is 1. The van der Waals surface area contributed by atoms with Crippen molar-refractivity contribution in [2.75, 3.05) is 7.05 Å². The summed E-state index contributed by atoms with van der Waals surface area (Å²) in [7, 11) is 1.76. The van der Waals surface area contributed by atoms with E-state index in [4.69, 9.17) is 0 Å². The van der Waals surface area contributed by atoms with Crippen LogP contribution in [-0.4, -0.2) is 23.0 Å². The van der Waals surface area contributed by atoms with Gasteiger partial charge in [0.15, 0.2) is 0 Å². The first-order valence-corrected chi connectivity index (χ1v) is 8.24. The lowest BCUT2D eigenvalue weighted by atomic mass is 9.80. The molecular weight excluding hydrogens is 305 g/mol. The molecule has 2 amide bonds. The SMILES string of the molecule is C[C@@H]1CCc2c(F)cccc2[C@@H]1NC(=O)N(C)Cc1ccncc1. The zero-order chi connectivity index (χ0) is 17.1. The highest BCUT2D eigenvalue weighted by atomic mass is 19.1. The van der Waals surface area contributed by atoms with Gasteiger partial charge in [0.1, 0.15) is 5.82 Å². The number of nitrogens with one attached hydrogen (secondary N) is 1. The van der Waals surface area contributed by atoms with E-state index in [9.17, 15) is 9.18 Å². The maximum absolute atomic E-state index is 14.0. The van der Waals surface area contributed by atoms with E-state index in [-0.39, 0.29) is 23.8 Å². The van der Waals surface area contributed by atoms with Gasteiger partial charge in [-0.1, -0.05) is 19.1 Å². The topological polar surface area (TPSA) is 45.2 Å². The van der Waals surface area contributed by atoms with Gasteiger partial charge in [-0.2, -0.15) is 0 Å². The molecule has 5 heteroatoms. The van der Waals surface area contributed by atoms with Crippen LogP contribution in [0.25, 0.3) is 0 Å². The number of hydrogen-bond acceptors (Lipinski definition) is 2. The Labute approximate surface area is 141 Å². The number of carbonyl (C=O) groups excluding carboxylic acids is 1. The van der Waals surface area contributed by atoms with Crippen LogP contribution in [0, 0.1) is 11.7 Å². The van der Waals surface area contributed by atoms with Crippen molar-refractivity contribution in [3.63, 3.8) is 0 Å². The van der Waals surface area contributed by atoms with Crippen molar-refractivity contribution in [3.8, 4) is 0 Å². The van der Waals surface area contributed by atoms with Gasteiger partial charge < -0.3 is 10.2 Å². The summed E-state index contributed by atoms with van der Waals surface area (Å²) >= 11 is 0. The molecule has 1 aromatic heterocycles. The normalized spacial score (nSPS) is 19.5. The molecule has 3 rings (SSSR count). The van der Waals surface area contributed by atoms with Gasteiger partial charge in [0, 0.05) is 26.0 Å². The maximum atomic E-state index is 14.0. The van der Waals surface area contributed by atoms with E-state index in [2.05, 4.69) is 17.2 Å². The minimum atomic E-state index is -0.177. The number of benzene rings is 1. The Morgan fingerprint density at radius 1 is 1.33 bits per heavy atom. The molecule has 2 atom stereocenters. The zero-order valence-electron chi connectivity index (χ0n) is 14.0. The summed E-state index contributed by atoms with van der Waals surface area (Å²) in [4.78, 5) is 18.2. The molecule has 1 heterocycles. The van der Waals surface area contributed by atoms with Crippen LogP contribution >= 0.6 is 0 Å². The van der Waals surface area contributed by atoms with E-state index >= 15 is 0 Å². The minimum absolute atomic E-state index is 0.152. The Bertz CT molecular complexity index is 720. The number of rotatable bonds is 3. The van der Waals surface area contributed by atoms with Crippen molar-refractivity contribution in [1.29, 1.82) is 0 Å². The molecule has 0 saturated carbocycles. The molecule has 0 aliphatic heterocycles. The molecule has 0 bridgehead atoms. The first kappa shape index (κ1) is 16.4. The molecule has 0 radical (unpaired) electrons. The monoisotopic (exact) mass is 327 g/mol. The molecule has 0 unspecified atom stereocenters. The van der Waals surface area contributed by atoms with Gasteiger partial charge >= 0.3 is 6.03 Å². The highest BCUT2D eigenvalue weighted by Crippen LogP contribution is 2.35. The number of amides is 2. The Hall–Kier alpha value is -2.43. The Morgan fingerprint density at radius 2 is 2.08 bits per heavy atom. The third-order valence-corrected chi connectivity index (χ3v) is 4.70. The van der Waals surface area contributed by atoms with Crippen molar-refractivity contribution >= 4 is 6.03 Å². The second-order valence-electron chi connectivity index (χ2n) is 6.46. The molecule has 0 spiro atoms. The third kappa shape index (κ3) is 3.40. The van der Waals surface area contributed by atoms with Crippen LogP contribution in [0.5, 0.6) is 0 Å². The predicted molar refractivity (Wildman–Crippen MR) is 90.9 cm³/mol. The van der Waals surface area contributed by atoms with Crippen LogP contribution in [0.4, 0.5) is 9.18 Å². The molecular formula is C19H22FN3O. The van der Waals surface area contributed by atoms with Crippen LogP contribution < -0.4 is 5.32 Å². The Kier molecular flexibility index (Phi) is 4.79. The number of nitrogens with zero attached hydrogens (tertiary/aromatic N) is 2. The molecule has 2 aromatic rings. The summed E-state index contributed by atoms with van der Waals surface area (Å²) in [5.41, 5.74) is 2.66. The molecule has 1 aliphatic rings. The van der Waals surface area contributed by atoms with Gasteiger partial charge in [-0.05, 0) is 53.6 Å². The minimum Gasteiger partial charge on any atom is -0.331 e. The zero-order valence-corrected chi connectivity index (χ0v) is 14.0. The summed E-state index contributed by atoms with van der Waals surface area (Å²) in [6.45, 7) is 2.60. The lowest BCUT2D eigenvalue weighted by Gasteiger charge is -2.33. The fraction of sp³-hybridized carbons (Fsp3) is 0.368. The highest BCUT2D eigenvalue weighted by Gasteiger charge is 2.30. The summed E-state index contributed by atoms with van der Waals surface area (Å²) in [6.07, 6.45) is 5.02. The fourth-order valence-corrected chi connectivity index (χ4v) is 3.27. The van der Waals surface area contributed by atoms with Crippen LogP contribution in [0.1, 0.15) is 36.1 Å². The number of halogens is 1. The van der Waals surface area contributed by atoms with Crippen molar-refractivity contribution in [2.24, 2.45) is 5.92 Å². The number of pyridine rings is 1. The Morgan fingerprint density at radius 3 is 2.83 bits per heavy atom. The molecule has 126 valence electrons. The summed E-state index contributed by atoms with van der Waals surface area (Å²) in [5.74, 6) is 0.0985. The van der Waals surface area contributed by atoms with E-state index in [0.29, 0.717) is 6.54 Å². The second-order valence-corrected chi connectivity index (χ2v) is 6.46. The first-order chi connectivity index (χ1) is 11.6. The fourth-order valence-electron chi connectivity index (χ4n) is 3.27. The molecule has 1 aromatic carbocycles. The van der Waals surface area contributed by atoms with E-state index in [0.717, 1.165) is 29.5 Å². The van der Waals surface area contributed by atoms with Crippen LogP contribution in [0.2, 0.25) is 0 Å². The predicted octanol–water partition coefficient (Wildman–Crippen LogP) is 3.69. The van der Waals surface area contributed by atoms with Gasteiger partial charge in [-0.15, -0.1) is 0 Å². The lowest BCUT2D eigenvalue weighted by Crippen LogP contribution is -2.42. The number of carbonyl (C=O) groups is 1. The number of hydrogen-bond donors (Lipinski definition) is 1. The molecule has 4 nitrogen and oxygen atoms in total. The van der Waals surface area contributed by atoms with Gasteiger partial charge in [0.25, 0.3) is 0 Å². The summed E-state index contributed by atoms with van der Waals surface area (Å²) in [6, 6.07) is 8.59. The summed E-state index contributed by atoms with van der Waals surface area (Å²) in [5, 5.41) is 3.08. The number of aromatic nitrogens is 1. The third-order valence-electron chi connectivity index (χ3n) is 4.70. The van der Waals surface area contributed by atoms with Crippen LogP contribution in [0.15, 0.2) is 42.7 Å². The van der Waals surface area contributed by atoms with Crippen LogP contribution in [0.3, 0.4) is 0 Å². The van der Waals surface area contributed by atoms with E-state index in [1.165, 1.54) is 6.07 Å². The quantitative estimate of drug-likeness (QED) is 0.934. The smallest absolute Gasteiger partial charge is 0.317 e. The van der Waals surface area contributed by atoms with E-state index < -0.39 is 0 Å². The van der Waals surface area contributed by atoms with Gasteiger partial charge in [0.2, 0.25) is 0 Å². The van der Waals surface area contributed by atoms with Crippen molar-refractivity contribution in [1.82, 2.24) is 15.2 Å². The van der Waals surface area contributed by atoms with Crippen LogP contribution in [-0.2, 0) is 13.0 Å². The van der Waals surface area contributed by atoms with Crippen molar-refractivity contribution in [2.45, 2.75) is 32.4 Å². The van der Waals surface area contributed by atoms with Crippen molar-refractivity contribution in [3.05, 3.63) is 65.2 Å². The maximum Gasteiger partial charge on any atom is 0.317 e. The molecule has 24 heavy (non-hydrogen) atoms. The average Bonchev–Trinajstić information content (AvgIpc) is 2.58. The van der Waals surface area contributed by atoms with Gasteiger partial charge in [0.05, 0.1) is 6.04 Å². The summed E-state index contributed by atoms with van der Waals surface area (Å²) < 4.78 is 14.0. The molecule has 0 saturated heterocycles. The first-order valence-electron chi connectivity index (χ1n) is 8.24. The number of fused-ring (bicyclic) bond motifs is 1.